The van der Waals surface area contributed by atoms with Crippen LogP contribution in [-0.2, 0) is 11.2 Å². The van der Waals surface area contributed by atoms with E-state index >= 15 is 0 Å². The minimum Gasteiger partial charge on any atom is -0.354 e. The molecule has 1 aromatic carbocycles. The van der Waals surface area contributed by atoms with Crippen molar-refractivity contribution in [2.75, 3.05) is 6.54 Å². The Morgan fingerprint density at radius 1 is 1.03 bits per heavy atom. The van der Waals surface area contributed by atoms with Gasteiger partial charge in [0.05, 0.1) is 0 Å². The Kier molecular flexibility index (Phi) is 6.12. The van der Waals surface area contributed by atoms with Crippen LogP contribution in [-0.4, -0.2) is 30.1 Å². The predicted octanol–water partition coefficient (Wildman–Crippen LogP) is 3.78. The minimum atomic E-state index is -0.100. The van der Waals surface area contributed by atoms with Gasteiger partial charge in [-0.25, -0.2) is 4.79 Å². The Hall–Kier alpha value is -2.04. The van der Waals surface area contributed by atoms with Gasteiger partial charge >= 0.3 is 6.03 Å². The lowest BCUT2D eigenvalue weighted by Gasteiger charge is -2.56. The molecule has 1 atom stereocenters. The van der Waals surface area contributed by atoms with Crippen LogP contribution in [0.4, 0.5) is 4.79 Å². The van der Waals surface area contributed by atoms with Gasteiger partial charge in [0.25, 0.3) is 0 Å². The van der Waals surface area contributed by atoms with Crippen molar-refractivity contribution in [3.05, 3.63) is 35.9 Å². The molecule has 0 saturated heterocycles. The summed E-state index contributed by atoms with van der Waals surface area (Å²) in [5.41, 5.74) is 1.31. The molecule has 0 aliphatic heterocycles. The molecule has 0 heterocycles. The van der Waals surface area contributed by atoms with Crippen LogP contribution in [0.2, 0.25) is 0 Å². The number of carbonyl (C=O) groups is 2. The van der Waals surface area contributed by atoms with Crippen LogP contribution in [0.3, 0.4) is 0 Å². The van der Waals surface area contributed by atoms with E-state index in [0.717, 1.165) is 49.9 Å². The zero-order valence-electron chi connectivity index (χ0n) is 17.6. The molecular formula is C24H35N3O2. The summed E-state index contributed by atoms with van der Waals surface area (Å²) >= 11 is 0. The monoisotopic (exact) mass is 397 g/mol. The van der Waals surface area contributed by atoms with Crippen molar-refractivity contribution in [1.29, 1.82) is 0 Å². The summed E-state index contributed by atoms with van der Waals surface area (Å²) in [7, 11) is 0. The molecule has 0 radical (unpaired) electrons. The highest BCUT2D eigenvalue weighted by molar-refractivity contribution is 5.78. The summed E-state index contributed by atoms with van der Waals surface area (Å²) in [4.78, 5) is 24.6. The van der Waals surface area contributed by atoms with Crippen molar-refractivity contribution in [3.63, 3.8) is 0 Å². The maximum atomic E-state index is 12.4. The molecule has 1 unspecified atom stereocenters. The highest BCUT2D eigenvalue weighted by atomic mass is 16.2. The molecule has 0 spiro atoms. The average molecular weight is 398 g/mol. The molecule has 3 N–H and O–H groups in total. The first kappa shape index (κ1) is 20.2. The first-order chi connectivity index (χ1) is 14.0. The molecule has 5 nitrogen and oxygen atoms in total. The fourth-order valence-corrected chi connectivity index (χ4v) is 6.29. The van der Waals surface area contributed by atoms with Crippen molar-refractivity contribution < 1.29 is 9.59 Å². The van der Waals surface area contributed by atoms with Gasteiger partial charge < -0.3 is 16.0 Å². The summed E-state index contributed by atoms with van der Waals surface area (Å²) in [6, 6.07) is 10.3. The molecule has 5 rings (SSSR count). The molecule has 1 aromatic rings. The lowest BCUT2D eigenvalue weighted by atomic mass is 9.53. The first-order valence-corrected chi connectivity index (χ1v) is 11.4. The van der Waals surface area contributed by atoms with E-state index in [2.05, 4.69) is 28.1 Å². The number of urea groups is 1. The van der Waals surface area contributed by atoms with Gasteiger partial charge in [0, 0.05) is 24.5 Å². The predicted molar refractivity (Wildman–Crippen MR) is 114 cm³/mol. The minimum absolute atomic E-state index is 0.000617. The molecular weight excluding hydrogens is 362 g/mol. The third-order valence-electron chi connectivity index (χ3n) is 7.17. The van der Waals surface area contributed by atoms with Crippen molar-refractivity contribution in [2.45, 2.75) is 76.3 Å². The molecule has 4 bridgehead atoms. The topological polar surface area (TPSA) is 70.2 Å². The Bertz CT molecular complexity index is 683. The van der Waals surface area contributed by atoms with Crippen LogP contribution in [0.25, 0.3) is 0 Å². The molecule has 4 saturated carbocycles. The number of rotatable bonds is 8. The summed E-state index contributed by atoms with van der Waals surface area (Å²) in [6.07, 6.45) is 9.72. The number of amides is 3. The fraction of sp³-hybridized carbons (Fsp3) is 0.667. The quantitative estimate of drug-likeness (QED) is 0.625. The van der Waals surface area contributed by atoms with Crippen molar-refractivity contribution in [1.82, 2.24) is 16.0 Å². The molecule has 4 aliphatic rings. The van der Waals surface area contributed by atoms with Crippen LogP contribution >= 0.6 is 0 Å². The molecule has 29 heavy (non-hydrogen) atoms. The summed E-state index contributed by atoms with van der Waals surface area (Å²) in [5.74, 6) is 2.43. The van der Waals surface area contributed by atoms with E-state index in [1.165, 1.54) is 24.8 Å². The first-order valence-electron chi connectivity index (χ1n) is 11.4. The summed E-state index contributed by atoms with van der Waals surface area (Å²) < 4.78 is 0. The number of nitrogens with one attached hydrogen (secondary N) is 3. The molecule has 5 heteroatoms. The second kappa shape index (κ2) is 8.76. The Morgan fingerprint density at radius 3 is 2.28 bits per heavy atom. The van der Waals surface area contributed by atoms with Crippen LogP contribution < -0.4 is 16.0 Å². The normalized spacial score (nSPS) is 30.6. The van der Waals surface area contributed by atoms with Gasteiger partial charge in [-0.3, -0.25) is 4.79 Å². The molecule has 4 aliphatic carbocycles. The second-order valence-corrected chi connectivity index (χ2v) is 9.82. The Balaban J connectivity index is 1.13. The van der Waals surface area contributed by atoms with E-state index in [1.54, 1.807) is 0 Å². The zero-order valence-corrected chi connectivity index (χ0v) is 17.6. The number of carbonyl (C=O) groups excluding carboxylic acids is 2. The lowest BCUT2D eigenvalue weighted by molar-refractivity contribution is -0.121. The van der Waals surface area contributed by atoms with E-state index in [9.17, 15) is 9.59 Å². The van der Waals surface area contributed by atoms with Crippen molar-refractivity contribution in [2.24, 2.45) is 17.8 Å². The number of hydrogen-bond donors (Lipinski definition) is 3. The van der Waals surface area contributed by atoms with Crippen LogP contribution in [0.5, 0.6) is 0 Å². The second-order valence-electron chi connectivity index (χ2n) is 9.82. The fourth-order valence-electron chi connectivity index (χ4n) is 6.29. The molecule has 3 amide bonds. The van der Waals surface area contributed by atoms with E-state index in [4.69, 9.17) is 0 Å². The highest BCUT2D eigenvalue weighted by Crippen LogP contribution is 2.55. The van der Waals surface area contributed by atoms with Crippen LogP contribution in [0.15, 0.2) is 30.3 Å². The van der Waals surface area contributed by atoms with E-state index in [-0.39, 0.29) is 23.5 Å². The average Bonchev–Trinajstić information content (AvgIpc) is 2.65. The summed E-state index contributed by atoms with van der Waals surface area (Å²) in [6.45, 7) is 2.42. The van der Waals surface area contributed by atoms with Gasteiger partial charge in [-0.15, -0.1) is 0 Å². The SMILES string of the molecule is CC(CCc1ccccc1)NC(=O)CCNC(=O)NC12CC3CC(CC(C3)C1)C2. The number of benzene rings is 1. The summed E-state index contributed by atoms with van der Waals surface area (Å²) in [5, 5.41) is 9.24. The van der Waals surface area contributed by atoms with Gasteiger partial charge in [0.2, 0.25) is 5.91 Å². The Labute approximate surface area is 174 Å². The Morgan fingerprint density at radius 2 is 1.66 bits per heavy atom. The third kappa shape index (κ3) is 5.31. The van der Waals surface area contributed by atoms with Crippen LogP contribution in [0.1, 0.15) is 63.9 Å². The van der Waals surface area contributed by atoms with Gasteiger partial charge in [-0.1, -0.05) is 30.3 Å². The van der Waals surface area contributed by atoms with Crippen LogP contribution in [0, 0.1) is 17.8 Å². The third-order valence-corrected chi connectivity index (χ3v) is 7.17. The van der Waals surface area contributed by atoms with Gasteiger partial charge in [-0.05, 0) is 81.6 Å². The van der Waals surface area contributed by atoms with Crippen molar-refractivity contribution >= 4 is 11.9 Å². The number of aryl methyl sites for hydroxylation is 1. The largest absolute Gasteiger partial charge is 0.354 e. The smallest absolute Gasteiger partial charge is 0.315 e. The lowest BCUT2D eigenvalue weighted by Crippen LogP contribution is -2.61. The molecule has 4 fully saturated rings. The van der Waals surface area contributed by atoms with E-state index < -0.39 is 0 Å². The zero-order chi connectivity index (χ0) is 20.3. The maximum Gasteiger partial charge on any atom is 0.315 e. The highest BCUT2D eigenvalue weighted by Gasteiger charge is 2.51. The number of hydrogen-bond acceptors (Lipinski definition) is 2. The molecule has 0 aromatic heterocycles. The van der Waals surface area contributed by atoms with Crippen molar-refractivity contribution in [3.8, 4) is 0 Å². The van der Waals surface area contributed by atoms with Gasteiger partial charge in [0.1, 0.15) is 0 Å². The standard InChI is InChI=1S/C24H35N3O2/c1-17(7-8-18-5-3-2-4-6-18)26-22(28)9-10-25-23(29)27-24-14-19-11-20(15-24)13-21(12-19)16-24/h2-6,17,19-21H,7-16H2,1H3,(H,26,28)(H2,25,27,29). The molecule has 158 valence electrons. The maximum absolute atomic E-state index is 12.4. The van der Waals surface area contributed by atoms with Gasteiger partial charge in [-0.2, -0.15) is 0 Å². The van der Waals surface area contributed by atoms with E-state index in [1.807, 2.05) is 25.1 Å². The van der Waals surface area contributed by atoms with E-state index in [0.29, 0.717) is 13.0 Å². The van der Waals surface area contributed by atoms with Gasteiger partial charge in [0.15, 0.2) is 0 Å².